The summed E-state index contributed by atoms with van der Waals surface area (Å²) in [5.74, 6) is 0. The van der Waals surface area contributed by atoms with Crippen LogP contribution in [0.25, 0.3) is 21.5 Å². The van der Waals surface area contributed by atoms with E-state index in [9.17, 15) is 0 Å². The number of aryl methyl sites for hydroxylation is 2. The van der Waals surface area contributed by atoms with Crippen LogP contribution in [0, 0.1) is 13.8 Å². The van der Waals surface area contributed by atoms with Crippen molar-refractivity contribution in [2.45, 2.75) is 52.6 Å². The maximum atomic E-state index is 2.30. The van der Waals surface area contributed by atoms with Gasteiger partial charge in [0.1, 0.15) is 0 Å². The van der Waals surface area contributed by atoms with Gasteiger partial charge in [-0.15, -0.1) is 81.2 Å². The van der Waals surface area contributed by atoms with E-state index >= 15 is 0 Å². The molecule has 30 heavy (non-hydrogen) atoms. The molecule has 0 fully saturated rings. The molecular weight excluding hydrogens is 503 g/mol. The van der Waals surface area contributed by atoms with Crippen LogP contribution in [0.15, 0.2) is 72.8 Å². The molecule has 0 unspecified atom stereocenters. The summed E-state index contributed by atoms with van der Waals surface area (Å²) in [5, 5.41) is 5.39. The molecule has 0 aromatic heterocycles. The SMILES string of the molecule is CCC[Si](=[Zr+2])CCC.Cc1cc2ccccc2[cH-]1.Cc1cc2ccccc2[cH-]1.[Cl-].[Cl-]. The number of fused-ring (bicyclic) bond motifs is 2. The zero-order valence-electron chi connectivity index (χ0n) is 18.5. The molecule has 4 aromatic rings. The van der Waals surface area contributed by atoms with Gasteiger partial charge in [0.2, 0.25) is 0 Å². The molecule has 0 bridgehead atoms. The van der Waals surface area contributed by atoms with Crippen LogP contribution in [0.5, 0.6) is 0 Å². The monoisotopic (exact) mass is 532 g/mol. The Bertz CT molecular complexity index is 854. The van der Waals surface area contributed by atoms with Gasteiger partial charge >= 0.3 is 67.5 Å². The van der Waals surface area contributed by atoms with E-state index in [0.29, 0.717) is 0 Å². The van der Waals surface area contributed by atoms with Crippen LogP contribution in [0.3, 0.4) is 0 Å². The van der Waals surface area contributed by atoms with Gasteiger partial charge in [-0.2, -0.15) is 12.1 Å². The first-order chi connectivity index (χ1) is 13.5. The fourth-order valence-electron chi connectivity index (χ4n) is 3.34. The summed E-state index contributed by atoms with van der Waals surface area (Å²) in [4.78, 5) is 0. The number of rotatable bonds is 4. The summed E-state index contributed by atoms with van der Waals surface area (Å²) in [6.45, 7) is 8.84. The predicted molar refractivity (Wildman–Crippen MR) is 125 cm³/mol. The Morgan fingerprint density at radius 1 is 0.700 bits per heavy atom. The predicted octanol–water partition coefficient (Wildman–Crippen LogP) is 2.09. The van der Waals surface area contributed by atoms with Gasteiger partial charge in [-0.3, -0.25) is 0 Å². The molecule has 4 aromatic carbocycles. The van der Waals surface area contributed by atoms with E-state index in [0.717, 1.165) is 0 Å². The average molecular weight is 535 g/mol. The van der Waals surface area contributed by atoms with E-state index in [1.807, 2.05) is 23.3 Å². The maximum absolute atomic E-state index is 2.30. The smallest absolute Gasteiger partial charge is 0.0579 e. The standard InChI is InChI=1S/2C10H9.C6H14Si.2ClH.Zr/c2*1-8-6-9-4-2-3-5-10(9)7-8;1-3-5-7-6-4-2;;;/h2*2-7H,1H3;3-6H2,1-2H3;2*1H;/q2*-1;;;;+2/p-2. The quantitative estimate of drug-likeness (QED) is 0.278. The largest absolute Gasteiger partial charge is 1.00 e. The van der Waals surface area contributed by atoms with Crippen molar-refractivity contribution in [2.75, 3.05) is 0 Å². The second kappa shape index (κ2) is 16.0. The van der Waals surface area contributed by atoms with Crippen LogP contribution in [0.2, 0.25) is 12.1 Å². The van der Waals surface area contributed by atoms with Crippen molar-refractivity contribution < 1.29 is 48.1 Å². The summed E-state index contributed by atoms with van der Waals surface area (Å²) in [6, 6.07) is 28.8. The van der Waals surface area contributed by atoms with E-state index in [1.165, 1.54) is 45.5 Å². The molecule has 0 aliphatic rings. The summed E-state index contributed by atoms with van der Waals surface area (Å²) < 4.78 is 0. The molecule has 4 rings (SSSR count). The Morgan fingerprint density at radius 2 is 1.07 bits per heavy atom. The summed E-state index contributed by atoms with van der Waals surface area (Å²) in [5.41, 5.74) is 2.90. The normalized spacial score (nSPS) is 9.53. The maximum Gasteiger partial charge on any atom is -0.0579 e. The molecule has 0 aliphatic carbocycles. The van der Waals surface area contributed by atoms with E-state index in [-0.39, 0.29) is 30.2 Å². The molecule has 160 valence electrons. The molecule has 0 N–H and O–H groups in total. The fourth-order valence-corrected chi connectivity index (χ4v) is 8.48. The Morgan fingerprint density at radius 3 is 1.40 bits per heavy atom. The van der Waals surface area contributed by atoms with Crippen LogP contribution in [-0.2, 0) is 23.3 Å². The summed E-state index contributed by atoms with van der Waals surface area (Å²) in [7, 11) is 0. The molecule has 0 spiro atoms. The van der Waals surface area contributed by atoms with Crippen LogP contribution in [0.1, 0.15) is 37.8 Å². The van der Waals surface area contributed by atoms with Crippen LogP contribution in [0.4, 0.5) is 0 Å². The third-order valence-corrected chi connectivity index (χ3v) is 10.5. The van der Waals surface area contributed by atoms with Gasteiger partial charge in [0.15, 0.2) is 0 Å². The van der Waals surface area contributed by atoms with E-state index in [4.69, 9.17) is 0 Å². The zero-order valence-corrected chi connectivity index (χ0v) is 23.5. The molecule has 0 amide bonds. The van der Waals surface area contributed by atoms with Crippen molar-refractivity contribution in [1.29, 1.82) is 0 Å². The van der Waals surface area contributed by atoms with Crippen molar-refractivity contribution in [3.63, 3.8) is 0 Å². The van der Waals surface area contributed by atoms with Gasteiger partial charge in [-0.1, -0.05) is 26.0 Å². The second-order valence-electron chi connectivity index (χ2n) is 7.43. The average Bonchev–Trinajstić information content (AvgIpc) is 3.23. The van der Waals surface area contributed by atoms with Gasteiger partial charge in [0, 0.05) is 0 Å². The van der Waals surface area contributed by atoms with Crippen molar-refractivity contribution >= 4 is 27.0 Å². The first-order valence-corrected chi connectivity index (χ1v) is 15.9. The van der Waals surface area contributed by atoms with Crippen LogP contribution in [-0.4, -0.2) is 5.43 Å². The van der Waals surface area contributed by atoms with Gasteiger partial charge in [0.25, 0.3) is 0 Å². The number of hydrogen-bond donors (Lipinski definition) is 0. The second-order valence-corrected chi connectivity index (χ2v) is 14.8. The molecule has 0 atom stereocenters. The zero-order chi connectivity index (χ0) is 20.4. The first kappa shape index (κ1) is 29.3. The Labute approximate surface area is 210 Å². The third-order valence-electron chi connectivity index (χ3n) is 4.63. The van der Waals surface area contributed by atoms with Crippen LogP contribution < -0.4 is 24.8 Å². The van der Waals surface area contributed by atoms with Crippen molar-refractivity contribution in [3.8, 4) is 0 Å². The molecule has 4 heteroatoms. The molecular formula is C26H32Cl2SiZr-2. The minimum absolute atomic E-state index is 0. The molecule has 0 radical (unpaired) electrons. The van der Waals surface area contributed by atoms with E-state index in [1.54, 1.807) is 12.1 Å². The third kappa shape index (κ3) is 10.1. The Kier molecular flexibility index (Phi) is 15.7. The van der Waals surface area contributed by atoms with E-state index < -0.39 is 0 Å². The minimum Gasteiger partial charge on any atom is -1.00 e. The first-order valence-electron chi connectivity index (χ1n) is 10.3. The molecule has 0 saturated heterocycles. The summed E-state index contributed by atoms with van der Waals surface area (Å²) >= 11 is 1.84. The molecule has 0 heterocycles. The number of halogens is 2. The molecule has 0 saturated carbocycles. The van der Waals surface area contributed by atoms with Gasteiger partial charge < -0.3 is 24.8 Å². The topological polar surface area (TPSA) is 0 Å². The van der Waals surface area contributed by atoms with Gasteiger partial charge in [-0.25, -0.2) is 0 Å². The van der Waals surface area contributed by atoms with Gasteiger partial charge in [-0.05, 0) is 0 Å². The number of hydrogen-bond acceptors (Lipinski definition) is 0. The van der Waals surface area contributed by atoms with Crippen LogP contribution >= 0.6 is 0 Å². The number of benzene rings is 2. The Hall–Kier alpha value is -0.660. The van der Waals surface area contributed by atoms with Crippen molar-refractivity contribution in [3.05, 3.63) is 83.9 Å². The fraction of sp³-hybridized carbons (Fsp3) is 0.308. The molecule has 0 aliphatic heterocycles. The molecule has 0 nitrogen and oxygen atoms in total. The van der Waals surface area contributed by atoms with Crippen molar-refractivity contribution in [2.24, 2.45) is 0 Å². The van der Waals surface area contributed by atoms with Crippen molar-refractivity contribution in [1.82, 2.24) is 0 Å². The minimum atomic E-state index is 0. The van der Waals surface area contributed by atoms with Gasteiger partial charge in [0.05, 0.1) is 0 Å². The summed E-state index contributed by atoms with van der Waals surface area (Å²) in [6.07, 6.45) is 2.83. The Balaban J connectivity index is 0.000000411. The van der Waals surface area contributed by atoms with E-state index in [2.05, 4.69) is 100 Å².